The lowest BCUT2D eigenvalue weighted by Crippen LogP contribution is -1.77. The Morgan fingerprint density at radius 2 is 2.57 bits per heavy atom. The highest BCUT2D eigenvalue weighted by Gasteiger charge is 1.83. The zero-order valence-electron chi connectivity index (χ0n) is 4.47. The third kappa shape index (κ3) is 0.796. The fourth-order valence-electron chi connectivity index (χ4n) is 0.496. The summed E-state index contributed by atoms with van der Waals surface area (Å²) in [4.78, 5) is 3.85. The van der Waals surface area contributed by atoms with Crippen molar-refractivity contribution in [2.24, 2.45) is 7.05 Å². The molecule has 0 atom stereocenters. The second kappa shape index (κ2) is 1.37. The van der Waals surface area contributed by atoms with Crippen molar-refractivity contribution in [2.45, 2.75) is 6.92 Å². The van der Waals surface area contributed by atoms with Gasteiger partial charge in [-0.25, -0.2) is 4.98 Å². The normalized spacial score (nSPS) is 9.43. The minimum Gasteiger partial charge on any atom is -0.331 e. The molecule has 1 radical (unpaired) electrons. The maximum atomic E-state index is 3.85. The van der Waals surface area contributed by atoms with Crippen LogP contribution in [-0.2, 0) is 7.05 Å². The van der Waals surface area contributed by atoms with E-state index < -0.39 is 0 Å². The van der Waals surface area contributed by atoms with Gasteiger partial charge in [-0.2, -0.15) is 0 Å². The van der Waals surface area contributed by atoms with Crippen LogP contribution in [0.15, 0.2) is 6.20 Å². The van der Waals surface area contributed by atoms with Crippen molar-refractivity contribution >= 4 is 0 Å². The van der Waals surface area contributed by atoms with Gasteiger partial charge in [-0.1, -0.05) is 0 Å². The monoisotopic (exact) mass is 95.1 g/mol. The highest BCUT2D eigenvalue weighted by molar-refractivity contribution is 4.89. The van der Waals surface area contributed by atoms with Gasteiger partial charge in [0.25, 0.3) is 0 Å². The summed E-state index contributed by atoms with van der Waals surface area (Å²) in [6, 6.07) is 0. The molecule has 0 N–H and O–H groups in total. The van der Waals surface area contributed by atoms with Gasteiger partial charge in [-0.15, -0.1) is 0 Å². The molecule has 0 bridgehead atoms. The molecule has 0 aliphatic heterocycles. The van der Waals surface area contributed by atoms with Gasteiger partial charge in [0, 0.05) is 13.2 Å². The summed E-state index contributed by atoms with van der Waals surface area (Å²) in [6.45, 7) is 1.94. The van der Waals surface area contributed by atoms with E-state index in [1.807, 2.05) is 20.2 Å². The van der Waals surface area contributed by atoms with Crippen LogP contribution in [0.1, 0.15) is 5.69 Å². The standard InChI is InChI=1S/C5H7N2/c1-5-3-7(2)4-6-5/h3H,1-2H3. The molecule has 37 valence electrons. The smallest absolute Gasteiger partial charge is 0.176 e. The van der Waals surface area contributed by atoms with Crippen molar-refractivity contribution in [2.75, 3.05) is 0 Å². The van der Waals surface area contributed by atoms with Crippen LogP contribution in [0.25, 0.3) is 0 Å². The van der Waals surface area contributed by atoms with Crippen LogP contribution in [0, 0.1) is 13.3 Å². The molecule has 1 rings (SSSR count). The van der Waals surface area contributed by atoms with Crippen molar-refractivity contribution in [1.82, 2.24) is 9.55 Å². The number of aromatic nitrogens is 2. The van der Waals surface area contributed by atoms with Gasteiger partial charge in [0.05, 0.1) is 5.69 Å². The Balaban J connectivity index is 3.04. The summed E-state index contributed by atoms with van der Waals surface area (Å²) in [7, 11) is 1.90. The third-order valence-electron chi connectivity index (χ3n) is 0.765. The fourth-order valence-corrected chi connectivity index (χ4v) is 0.496. The first-order valence-electron chi connectivity index (χ1n) is 2.16. The summed E-state index contributed by atoms with van der Waals surface area (Å²) < 4.78 is 1.80. The van der Waals surface area contributed by atoms with Crippen molar-refractivity contribution in [1.29, 1.82) is 0 Å². The maximum Gasteiger partial charge on any atom is 0.176 e. The molecule has 7 heavy (non-hydrogen) atoms. The molecular weight excluding hydrogens is 88.1 g/mol. The molecule has 0 fully saturated rings. The number of aryl methyl sites for hydroxylation is 2. The average Bonchev–Trinajstić information content (AvgIpc) is 1.87. The van der Waals surface area contributed by atoms with Gasteiger partial charge in [0.15, 0.2) is 6.33 Å². The zero-order valence-corrected chi connectivity index (χ0v) is 4.47. The molecule has 0 aliphatic carbocycles. The Morgan fingerprint density at radius 1 is 1.86 bits per heavy atom. The minimum atomic E-state index is 1.02. The lowest BCUT2D eigenvalue weighted by Gasteiger charge is -1.77. The van der Waals surface area contributed by atoms with E-state index in [4.69, 9.17) is 0 Å². The Morgan fingerprint density at radius 3 is 2.71 bits per heavy atom. The van der Waals surface area contributed by atoms with E-state index in [9.17, 15) is 0 Å². The first-order chi connectivity index (χ1) is 3.29. The lowest BCUT2D eigenvalue weighted by molar-refractivity contribution is 0.902. The summed E-state index contributed by atoms with van der Waals surface area (Å²) in [6.07, 6.45) is 4.65. The zero-order chi connectivity index (χ0) is 5.28. The second-order valence-corrected chi connectivity index (χ2v) is 1.59. The fraction of sp³-hybridized carbons (Fsp3) is 0.400. The molecule has 2 heteroatoms. The SMILES string of the molecule is Cc1cn(C)[c]n1. The van der Waals surface area contributed by atoms with E-state index in [1.54, 1.807) is 4.57 Å². The Labute approximate surface area is 42.8 Å². The minimum absolute atomic E-state index is 1.02. The van der Waals surface area contributed by atoms with E-state index in [2.05, 4.69) is 11.3 Å². The van der Waals surface area contributed by atoms with Gasteiger partial charge < -0.3 is 4.57 Å². The molecule has 0 aliphatic rings. The van der Waals surface area contributed by atoms with Crippen LogP contribution in [-0.4, -0.2) is 9.55 Å². The Hall–Kier alpha value is -0.790. The lowest BCUT2D eigenvalue weighted by atomic mass is 10.6. The van der Waals surface area contributed by atoms with E-state index in [0.717, 1.165) is 5.69 Å². The third-order valence-corrected chi connectivity index (χ3v) is 0.765. The van der Waals surface area contributed by atoms with Gasteiger partial charge in [0.1, 0.15) is 0 Å². The summed E-state index contributed by atoms with van der Waals surface area (Å²) >= 11 is 0. The average molecular weight is 95.1 g/mol. The number of imidazole rings is 1. The predicted octanol–water partition coefficient (Wildman–Crippen LogP) is 0.529. The summed E-state index contributed by atoms with van der Waals surface area (Å²) in [5, 5.41) is 0. The highest BCUT2D eigenvalue weighted by Crippen LogP contribution is 1.86. The molecule has 1 heterocycles. The van der Waals surface area contributed by atoms with Gasteiger partial charge in [0.2, 0.25) is 0 Å². The molecule has 0 saturated heterocycles. The van der Waals surface area contributed by atoms with Gasteiger partial charge in [-0.05, 0) is 6.92 Å². The molecule has 0 aromatic carbocycles. The van der Waals surface area contributed by atoms with Crippen LogP contribution in [0.3, 0.4) is 0 Å². The Bertz CT molecular complexity index is 138. The van der Waals surface area contributed by atoms with Gasteiger partial charge in [-0.3, -0.25) is 0 Å². The largest absolute Gasteiger partial charge is 0.331 e. The number of hydrogen-bond acceptors (Lipinski definition) is 1. The van der Waals surface area contributed by atoms with Crippen LogP contribution in [0.5, 0.6) is 0 Å². The topological polar surface area (TPSA) is 17.8 Å². The first kappa shape index (κ1) is 4.37. The first-order valence-corrected chi connectivity index (χ1v) is 2.16. The highest BCUT2D eigenvalue weighted by atomic mass is 15.0. The van der Waals surface area contributed by atoms with Crippen LogP contribution >= 0.6 is 0 Å². The van der Waals surface area contributed by atoms with Crippen molar-refractivity contribution in [3.8, 4) is 0 Å². The molecule has 1 aromatic heterocycles. The quantitative estimate of drug-likeness (QED) is 0.459. The van der Waals surface area contributed by atoms with Crippen molar-refractivity contribution < 1.29 is 0 Å². The number of rotatable bonds is 0. The molecule has 0 spiro atoms. The maximum absolute atomic E-state index is 3.85. The van der Waals surface area contributed by atoms with Gasteiger partial charge >= 0.3 is 0 Å². The van der Waals surface area contributed by atoms with Crippen LogP contribution < -0.4 is 0 Å². The number of nitrogens with zero attached hydrogens (tertiary/aromatic N) is 2. The molecule has 0 saturated carbocycles. The van der Waals surface area contributed by atoms with E-state index >= 15 is 0 Å². The number of hydrogen-bond donors (Lipinski definition) is 0. The van der Waals surface area contributed by atoms with Crippen LogP contribution in [0.2, 0.25) is 0 Å². The molecule has 1 aromatic rings. The van der Waals surface area contributed by atoms with E-state index in [-0.39, 0.29) is 0 Å². The van der Waals surface area contributed by atoms with Crippen molar-refractivity contribution in [3.63, 3.8) is 0 Å². The van der Waals surface area contributed by atoms with E-state index in [0.29, 0.717) is 0 Å². The van der Waals surface area contributed by atoms with Crippen molar-refractivity contribution in [3.05, 3.63) is 18.2 Å². The molecule has 2 nitrogen and oxygen atoms in total. The summed E-state index contributed by atoms with van der Waals surface area (Å²) in [5.41, 5.74) is 1.02. The molecule has 0 unspecified atom stereocenters. The molecular formula is C5H7N2. The van der Waals surface area contributed by atoms with E-state index in [1.165, 1.54) is 0 Å². The predicted molar refractivity (Wildman–Crippen MR) is 26.8 cm³/mol. The molecule has 0 amide bonds. The summed E-state index contributed by atoms with van der Waals surface area (Å²) in [5.74, 6) is 0. The van der Waals surface area contributed by atoms with Crippen LogP contribution in [0.4, 0.5) is 0 Å². The second-order valence-electron chi connectivity index (χ2n) is 1.59. The Kier molecular flexibility index (Phi) is 0.855.